The highest BCUT2D eigenvalue weighted by atomic mass is 127. The average molecular weight is 1750 g/mol. The lowest BCUT2D eigenvalue weighted by Crippen LogP contribution is -2.38. The van der Waals surface area contributed by atoms with Crippen LogP contribution in [0, 0.1) is 26.8 Å². The van der Waals surface area contributed by atoms with Crippen molar-refractivity contribution in [3.05, 3.63) is 216 Å². The van der Waals surface area contributed by atoms with Gasteiger partial charge in [-0.25, -0.2) is 60.7 Å². The Hall–Kier alpha value is -7.20. The van der Waals surface area contributed by atoms with E-state index in [0.29, 0.717) is 84.6 Å². The number of carbonyl (C=O) groups is 5. The van der Waals surface area contributed by atoms with Crippen LogP contribution in [-0.2, 0) is 79.6 Å². The highest BCUT2D eigenvalue weighted by Crippen LogP contribution is 2.29. The molecule has 5 aliphatic rings. The Morgan fingerprint density at radius 3 is 1.13 bits per heavy atom. The molecule has 576 valence electrons. The summed E-state index contributed by atoms with van der Waals surface area (Å²) in [6.45, 7) is 14.3. The van der Waals surface area contributed by atoms with E-state index in [1.807, 2.05) is 74.6 Å². The number of hydrogen-bond acceptors (Lipinski definition) is 16. The fraction of sp³-hybridized carbons (Fsp3) is 0.319. The summed E-state index contributed by atoms with van der Waals surface area (Å²) >= 11 is 1.92. The molecule has 9 N–H and O–H groups in total. The number of nitrogens with zero attached hydrogens (tertiary/aromatic N) is 1. The first kappa shape index (κ1) is 89.4. The van der Waals surface area contributed by atoms with Crippen molar-refractivity contribution in [2.24, 2.45) is 5.73 Å². The van der Waals surface area contributed by atoms with E-state index in [1.165, 1.54) is 59.5 Å². The van der Waals surface area contributed by atoms with Crippen molar-refractivity contribution in [2.75, 3.05) is 37.6 Å². The summed E-state index contributed by atoms with van der Waals surface area (Å²) < 4.78 is 176. The minimum atomic E-state index is -4.19. The maximum absolute atomic E-state index is 13.5. The molecule has 7 aromatic rings. The highest BCUT2D eigenvalue weighted by Gasteiger charge is 2.30. The SMILES string of the molecule is CC[C@@H](C)N.CC[C@@H](C)NS(=O)(=O)c1ccc2c(c1)C(=O)N(c1ccc(F)c(F)c1)CC2.CC[C@@H](C)NS(=O)(=O)c1ccc2c(c1)C(=O)NCC2.Fc1ccc(I)cc1F.O=C1NCCc2ccc(S(=O)(=O)Cl)cc21.O=C1NCCc2ccc(S(=O)(=O)Cl)cc21.O=C1NCCc2ccccc21.O=S(=O)(O)Cl. The van der Waals surface area contributed by atoms with E-state index in [9.17, 15) is 75.2 Å². The van der Waals surface area contributed by atoms with Gasteiger partial charge in [0.25, 0.3) is 47.6 Å². The van der Waals surface area contributed by atoms with Crippen molar-refractivity contribution in [1.82, 2.24) is 30.7 Å². The molecule has 0 fully saturated rings. The summed E-state index contributed by atoms with van der Waals surface area (Å²) in [4.78, 5) is 60.0. The van der Waals surface area contributed by atoms with Crippen LogP contribution in [0.15, 0.2) is 153 Å². The summed E-state index contributed by atoms with van der Waals surface area (Å²) in [6.07, 6.45) is 6.03. The number of anilines is 1. The Morgan fingerprint density at radius 1 is 0.453 bits per heavy atom. The number of hydrogen-bond donors (Lipinski definition) is 8. The molecule has 0 saturated carbocycles. The van der Waals surface area contributed by atoms with Gasteiger partial charge in [-0.2, -0.15) is 8.42 Å². The monoisotopic (exact) mass is 1740 g/mol. The molecule has 5 heterocycles. The van der Waals surface area contributed by atoms with Gasteiger partial charge >= 0.3 is 9.33 Å². The van der Waals surface area contributed by atoms with E-state index in [2.05, 4.69) is 48.3 Å². The van der Waals surface area contributed by atoms with Crippen molar-refractivity contribution in [3.63, 3.8) is 0 Å². The van der Waals surface area contributed by atoms with Crippen LogP contribution in [0.5, 0.6) is 0 Å². The molecule has 5 aliphatic heterocycles. The van der Waals surface area contributed by atoms with E-state index in [0.717, 1.165) is 83.5 Å². The normalized spacial score (nSPS) is 15.1. The number of rotatable bonds is 12. The van der Waals surface area contributed by atoms with Crippen molar-refractivity contribution in [3.8, 4) is 0 Å². The van der Waals surface area contributed by atoms with Gasteiger partial charge in [-0.15, -0.1) is 0 Å². The molecule has 3 atom stereocenters. The van der Waals surface area contributed by atoms with Gasteiger partial charge in [0, 0.05) is 126 Å². The van der Waals surface area contributed by atoms with Crippen molar-refractivity contribution in [2.45, 2.75) is 131 Å². The number of carbonyl (C=O) groups excluding carboxylic acids is 5. The minimum absolute atomic E-state index is 0.00189. The second-order valence-corrected chi connectivity index (χ2v) is 35.7. The Bertz CT molecular complexity index is 4860. The zero-order valence-corrected chi connectivity index (χ0v) is 66.3. The van der Waals surface area contributed by atoms with Gasteiger partial charge in [0.15, 0.2) is 23.3 Å². The fourth-order valence-corrected chi connectivity index (χ4v) is 14.5. The number of nitrogens with two attached hydrogens (primary N) is 1. The maximum Gasteiger partial charge on any atom is 0.353 e. The Labute approximate surface area is 641 Å². The van der Waals surface area contributed by atoms with Crippen LogP contribution in [-0.4, -0.2) is 127 Å². The molecule has 0 bridgehead atoms. The molecule has 0 radical (unpaired) electrons. The number of halogens is 8. The Balaban J connectivity index is 0.000000229. The standard InChI is InChI=1S/C19H20F2N2O3S.C13H18N2O3S.2C9H8ClNO3S.C9H9NO.C6H3F2I.C4H11N.ClHO3S/c1-3-12(2)22-27(25,26)15-6-4-13-8-9-23(19(24)16(13)11-15)14-5-7-17(20)18(21)10-14;1-3-9(2)15-19(17,18)11-5-4-10-6-7-14-13(16)12(10)8-11;2*10-15(13,14)7-2-1-6-3-4-11-9(12)8(6)5-7;11-9-8-4-2-1-3-7(8)5-6-10-9;7-5-2-1-4(9)3-6(5)8;1-3-4(2)5;1-5(2,3)4/h4-7,10-12,22H,3,8-9H2,1-2H3;4-5,8-9,15H,3,6-7H2,1-2H3,(H,14,16);2*1-2,5H,3-4H2,(H,11,12);1-4H,5-6H2,(H,10,11);1-3H;4H,3,5H2,1-2H3;(H,2,3,4)/t12-;9-;;;;;4-;/m11....1./s1. The number of amides is 5. The molecule has 0 spiro atoms. The third kappa shape index (κ3) is 27.8. The molecule has 0 aliphatic carbocycles. The van der Waals surface area contributed by atoms with Crippen LogP contribution in [0.1, 0.15) is 140 Å². The predicted molar refractivity (Wildman–Crippen MR) is 405 cm³/mol. The van der Waals surface area contributed by atoms with E-state index >= 15 is 0 Å². The van der Waals surface area contributed by atoms with Crippen LogP contribution >= 0.6 is 54.6 Å². The maximum atomic E-state index is 13.5. The molecular formula is C69H78Cl3F4IN8O16S5. The molecule has 0 saturated heterocycles. The zero-order valence-electron chi connectivity index (χ0n) is 57.8. The van der Waals surface area contributed by atoms with Crippen LogP contribution in [0.2, 0.25) is 0 Å². The average Bonchev–Trinajstić information content (AvgIpc) is 0.785. The Kier molecular flexibility index (Phi) is 34.0. The van der Waals surface area contributed by atoms with Crippen LogP contribution < -0.4 is 41.3 Å². The largest absolute Gasteiger partial charge is 0.353 e. The van der Waals surface area contributed by atoms with Crippen molar-refractivity contribution >= 4 is 137 Å². The molecular weight excluding hydrogens is 1670 g/mol. The smallest absolute Gasteiger partial charge is 0.352 e. The summed E-state index contributed by atoms with van der Waals surface area (Å²) in [5.74, 6) is -4.71. The van der Waals surface area contributed by atoms with Crippen molar-refractivity contribution in [1.29, 1.82) is 0 Å². The molecule has 0 unspecified atom stereocenters. The second kappa shape index (κ2) is 40.3. The summed E-state index contributed by atoms with van der Waals surface area (Å²) in [5.41, 5.74) is 12.3. The van der Waals surface area contributed by atoms with E-state index in [1.54, 1.807) is 37.3 Å². The fourth-order valence-electron chi connectivity index (χ4n) is 9.83. The lowest BCUT2D eigenvalue weighted by atomic mass is 9.98. The first-order valence-electron chi connectivity index (χ1n) is 32.4. The number of benzene rings is 7. The number of fused-ring (bicyclic) bond motifs is 5. The molecule has 5 amide bonds. The van der Waals surface area contributed by atoms with Crippen LogP contribution in [0.3, 0.4) is 0 Å². The lowest BCUT2D eigenvalue weighted by Gasteiger charge is -2.29. The topological polar surface area (TPSA) is 378 Å². The van der Waals surface area contributed by atoms with Gasteiger partial charge in [0.1, 0.15) is 0 Å². The van der Waals surface area contributed by atoms with Gasteiger partial charge in [0.05, 0.1) is 19.6 Å². The van der Waals surface area contributed by atoms with Gasteiger partial charge in [0.2, 0.25) is 20.0 Å². The van der Waals surface area contributed by atoms with Crippen LogP contribution in [0.25, 0.3) is 0 Å². The third-order valence-electron chi connectivity index (χ3n) is 16.0. The predicted octanol–water partition coefficient (Wildman–Crippen LogP) is 10.4. The van der Waals surface area contributed by atoms with Gasteiger partial charge in [-0.05, 0) is 207 Å². The first-order chi connectivity index (χ1) is 49.5. The van der Waals surface area contributed by atoms with Crippen LogP contribution in [0.4, 0.5) is 23.2 Å². The lowest BCUT2D eigenvalue weighted by molar-refractivity contribution is 0.0937. The molecule has 7 aromatic carbocycles. The number of sulfonamides is 2. The first-order valence-corrected chi connectivity index (χ1v) is 43.4. The third-order valence-corrected chi connectivity index (χ3v) is 22.5. The van der Waals surface area contributed by atoms with Crippen molar-refractivity contribution < 1.29 is 88.2 Å². The highest BCUT2D eigenvalue weighted by molar-refractivity contribution is 14.1. The molecule has 37 heteroatoms. The molecule has 12 rings (SSSR count). The summed E-state index contributed by atoms with van der Waals surface area (Å²) in [6, 6.07) is 32.7. The van der Waals surface area contributed by atoms with E-state index in [-0.39, 0.29) is 66.5 Å². The zero-order chi connectivity index (χ0) is 79.2. The quantitative estimate of drug-likeness (QED) is 0.0185. The molecule has 0 aromatic heterocycles. The van der Waals surface area contributed by atoms with E-state index in [4.69, 9.17) is 40.1 Å². The molecule has 24 nitrogen and oxygen atoms in total. The second-order valence-electron chi connectivity index (χ2n) is 23.9. The Morgan fingerprint density at radius 2 is 0.783 bits per heavy atom. The summed E-state index contributed by atoms with van der Waals surface area (Å²) in [7, 11) is -4.60. The summed E-state index contributed by atoms with van der Waals surface area (Å²) in [5, 5.41) is 10.8. The van der Waals surface area contributed by atoms with Gasteiger partial charge in [-0.3, -0.25) is 28.5 Å². The van der Waals surface area contributed by atoms with Gasteiger partial charge < -0.3 is 31.9 Å². The van der Waals surface area contributed by atoms with Gasteiger partial charge in [-0.1, -0.05) is 63.2 Å². The molecule has 106 heavy (non-hydrogen) atoms. The van der Waals surface area contributed by atoms with E-state index < -0.39 is 76.7 Å². The minimum Gasteiger partial charge on any atom is -0.352 e. The number of nitrogens with one attached hydrogen (secondary N) is 6.